The van der Waals surface area contributed by atoms with Crippen molar-refractivity contribution in [2.45, 2.75) is 26.3 Å². The number of piperidine rings is 1. The highest BCUT2D eigenvalue weighted by Crippen LogP contribution is 2.18. The number of nitrogens with zero attached hydrogens (tertiary/aromatic N) is 2. The molecule has 22 heavy (non-hydrogen) atoms. The monoisotopic (exact) mass is 305 g/mol. The second-order valence-electron chi connectivity index (χ2n) is 6.30. The van der Waals surface area contributed by atoms with Gasteiger partial charge in [-0.1, -0.05) is 6.07 Å². The lowest BCUT2D eigenvalue weighted by molar-refractivity contribution is 0.129. The zero-order chi connectivity index (χ0) is 16.1. The van der Waals surface area contributed by atoms with Crippen LogP contribution in [0.5, 0.6) is 0 Å². The molecular weight excluding hydrogens is 278 g/mol. The van der Waals surface area contributed by atoms with Crippen molar-refractivity contribution < 1.29 is 9.90 Å². The SMILES string of the molecule is Cc1cc(N(C)C)ccc1CNC(=O)N1CCCC(CO)C1. The topological polar surface area (TPSA) is 55.8 Å². The minimum absolute atomic E-state index is 0.0331. The molecule has 0 aliphatic carbocycles. The molecule has 1 fully saturated rings. The summed E-state index contributed by atoms with van der Waals surface area (Å²) in [7, 11) is 4.04. The van der Waals surface area contributed by atoms with Crippen molar-refractivity contribution in [2.24, 2.45) is 5.92 Å². The van der Waals surface area contributed by atoms with Crippen LogP contribution in [-0.2, 0) is 6.54 Å². The van der Waals surface area contributed by atoms with Gasteiger partial charge in [-0.2, -0.15) is 0 Å². The molecule has 1 unspecified atom stereocenters. The fourth-order valence-electron chi connectivity index (χ4n) is 2.84. The summed E-state index contributed by atoms with van der Waals surface area (Å²) < 4.78 is 0. The van der Waals surface area contributed by atoms with Gasteiger partial charge in [0.15, 0.2) is 0 Å². The zero-order valence-corrected chi connectivity index (χ0v) is 13.8. The van der Waals surface area contributed by atoms with E-state index in [1.807, 2.05) is 19.0 Å². The molecule has 122 valence electrons. The molecule has 0 bridgehead atoms. The number of benzene rings is 1. The van der Waals surface area contributed by atoms with Crippen LogP contribution in [0, 0.1) is 12.8 Å². The van der Waals surface area contributed by atoms with Crippen LogP contribution in [0.15, 0.2) is 18.2 Å². The van der Waals surface area contributed by atoms with Crippen molar-refractivity contribution in [3.63, 3.8) is 0 Å². The van der Waals surface area contributed by atoms with Gasteiger partial charge in [0.05, 0.1) is 0 Å². The summed E-state index contributed by atoms with van der Waals surface area (Å²) in [4.78, 5) is 16.1. The number of hydrogen-bond acceptors (Lipinski definition) is 3. The van der Waals surface area contributed by atoms with E-state index in [1.165, 1.54) is 5.56 Å². The molecular formula is C17H27N3O2. The molecule has 2 amide bonds. The molecule has 1 saturated heterocycles. The van der Waals surface area contributed by atoms with Crippen molar-refractivity contribution in [2.75, 3.05) is 38.7 Å². The van der Waals surface area contributed by atoms with E-state index in [1.54, 1.807) is 0 Å². The number of hydrogen-bond donors (Lipinski definition) is 2. The number of rotatable bonds is 4. The highest BCUT2D eigenvalue weighted by Gasteiger charge is 2.22. The summed E-state index contributed by atoms with van der Waals surface area (Å²) in [5.41, 5.74) is 3.47. The Morgan fingerprint density at radius 3 is 2.86 bits per heavy atom. The Morgan fingerprint density at radius 2 is 2.23 bits per heavy atom. The molecule has 1 aliphatic heterocycles. The van der Waals surface area contributed by atoms with E-state index in [0.29, 0.717) is 13.1 Å². The number of carbonyl (C=O) groups is 1. The summed E-state index contributed by atoms with van der Waals surface area (Å²) in [5.74, 6) is 0.223. The third-order valence-corrected chi connectivity index (χ3v) is 4.34. The van der Waals surface area contributed by atoms with Crippen LogP contribution in [0.4, 0.5) is 10.5 Å². The van der Waals surface area contributed by atoms with Crippen LogP contribution in [0.3, 0.4) is 0 Å². The first-order valence-corrected chi connectivity index (χ1v) is 7.91. The first kappa shape index (κ1) is 16.6. The van der Waals surface area contributed by atoms with E-state index >= 15 is 0 Å². The van der Waals surface area contributed by atoms with Gasteiger partial charge in [-0.25, -0.2) is 4.79 Å². The number of aryl methyl sites for hydroxylation is 1. The van der Waals surface area contributed by atoms with Gasteiger partial charge in [0, 0.05) is 46.0 Å². The Balaban J connectivity index is 1.91. The van der Waals surface area contributed by atoms with Crippen LogP contribution in [0.1, 0.15) is 24.0 Å². The van der Waals surface area contributed by atoms with E-state index < -0.39 is 0 Å². The standard InChI is InChI=1S/C17H27N3O2/c1-13-9-16(19(2)3)7-6-15(13)10-18-17(22)20-8-4-5-14(11-20)12-21/h6-7,9,14,21H,4-5,8,10-12H2,1-3H3,(H,18,22). The molecule has 0 radical (unpaired) electrons. The average Bonchev–Trinajstić information content (AvgIpc) is 2.53. The summed E-state index contributed by atoms with van der Waals surface area (Å²) in [6.45, 7) is 4.20. The Hall–Kier alpha value is -1.75. The Kier molecular flexibility index (Phi) is 5.66. The molecule has 0 saturated carbocycles. The number of aliphatic hydroxyl groups excluding tert-OH is 1. The number of carbonyl (C=O) groups excluding carboxylic acids is 1. The van der Waals surface area contributed by atoms with Crippen LogP contribution < -0.4 is 10.2 Å². The van der Waals surface area contributed by atoms with Crippen molar-refractivity contribution in [1.29, 1.82) is 0 Å². The summed E-state index contributed by atoms with van der Waals surface area (Å²) in [6.07, 6.45) is 1.97. The first-order chi connectivity index (χ1) is 10.5. The first-order valence-electron chi connectivity index (χ1n) is 7.91. The Bertz CT molecular complexity index is 517. The molecule has 5 heteroatoms. The van der Waals surface area contributed by atoms with Gasteiger partial charge < -0.3 is 20.2 Å². The largest absolute Gasteiger partial charge is 0.396 e. The maximum atomic E-state index is 12.2. The number of aliphatic hydroxyl groups is 1. The van der Waals surface area contributed by atoms with Gasteiger partial charge in [-0.3, -0.25) is 0 Å². The van der Waals surface area contributed by atoms with E-state index in [4.69, 9.17) is 0 Å². The summed E-state index contributed by atoms with van der Waals surface area (Å²) >= 11 is 0. The van der Waals surface area contributed by atoms with Gasteiger partial charge in [0.25, 0.3) is 0 Å². The Morgan fingerprint density at radius 1 is 1.45 bits per heavy atom. The van der Waals surface area contributed by atoms with Crippen LogP contribution >= 0.6 is 0 Å². The quantitative estimate of drug-likeness (QED) is 0.894. The molecule has 2 rings (SSSR count). The van der Waals surface area contributed by atoms with Gasteiger partial charge in [-0.05, 0) is 48.9 Å². The maximum absolute atomic E-state index is 12.2. The summed E-state index contributed by atoms with van der Waals surface area (Å²) in [6, 6.07) is 6.23. The number of anilines is 1. The van der Waals surface area contributed by atoms with E-state index in [9.17, 15) is 9.90 Å². The maximum Gasteiger partial charge on any atom is 0.317 e. The van der Waals surface area contributed by atoms with Crippen molar-refractivity contribution >= 4 is 11.7 Å². The summed E-state index contributed by atoms with van der Waals surface area (Å²) in [5, 5.41) is 12.2. The molecule has 2 N–H and O–H groups in total. The predicted molar refractivity (Wildman–Crippen MR) is 89.1 cm³/mol. The third kappa shape index (κ3) is 4.13. The molecule has 1 aromatic rings. The van der Waals surface area contributed by atoms with Gasteiger partial charge in [0.1, 0.15) is 0 Å². The molecule has 1 aliphatic rings. The normalized spacial score (nSPS) is 18.2. The second-order valence-corrected chi connectivity index (χ2v) is 6.30. The third-order valence-electron chi connectivity index (χ3n) is 4.34. The lowest BCUT2D eigenvalue weighted by Crippen LogP contribution is -2.46. The number of urea groups is 1. The van der Waals surface area contributed by atoms with Crippen molar-refractivity contribution in [1.82, 2.24) is 10.2 Å². The van der Waals surface area contributed by atoms with Crippen molar-refractivity contribution in [3.8, 4) is 0 Å². The van der Waals surface area contributed by atoms with E-state index in [-0.39, 0.29) is 18.6 Å². The van der Waals surface area contributed by atoms with Crippen molar-refractivity contribution in [3.05, 3.63) is 29.3 Å². The smallest absolute Gasteiger partial charge is 0.317 e. The minimum atomic E-state index is -0.0331. The number of likely N-dealkylation sites (tertiary alicyclic amines) is 1. The Labute approximate surface area is 132 Å². The average molecular weight is 305 g/mol. The number of amides is 2. The number of nitrogens with one attached hydrogen (secondary N) is 1. The molecule has 1 atom stereocenters. The zero-order valence-electron chi connectivity index (χ0n) is 13.8. The molecule has 0 aromatic heterocycles. The molecule has 0 spiro atoms. The van der Waals surface area contributed by atoms with Crippen LogP contribution in [-0.4, -0.2) is 49.8 Å². The molecule has 1 aromatic carbocycles. The fourth-order valence-corrected chi connectivity index (χ4v) is 2.84. The predicted octanol–water partition coefficient (Wildman–Crippen LogP) is 1.97. The van der Waals surface area contributed by atoms with E-state index in [2.05, 4.69) is 35.3 Å². The molecule has 5 nitrogen and oxygen atoms in total. The highest BCUT2D eigenvalue weighted by molar-refractivity contribution is 5.74. The highest BCUT2D eigenvalue weighted by atomic mass is 16.3. The lowest BCUT2D eigenvalue weighted by Gasteiger charge is -2.31. The van der Waals surface area contributed by atoms with Crippen LogP contribution in [0.25, 0.3) is 0 Å². The lowest BCUT2D eigenvalue weighted by atomic mass is 9.99. The second kappa shape index (κ2) is 7.49. The molecule has 1 heterocycles. The fraction of sp³-hybridized carbons (Fsp3) is 0.588. The van der Waals surface area contributed by atoms with Crippen LogP contribution in [0.2, 0.25) is 0 Å². The van der Waals surface area contributed by atoms with Gasteiger partial charge >= 0.3 is 6.03 Å². The van der Waals surface area contributed by atoms with Gasteiger partial charge in [-0.15, -0.1) is 0 Å². The van der Waals surface area contributed by atoms with Gasteiger partial charge in [0.2, 0.25) is 0 Å². The minimum Gasteiger partial charge on any atom is -0.396 e. The van der Waals surface area contributed by atoms with E-state index in [0.717, 1.165) is 30.6 Å².